The highest BCUT2D eigenvalue weighted by Gasteiger charge is 2.46. The molecule has 3 nitrogen and oxygen atoms in total. The first-order valence-electron chi connectivity index (χ1n) is 11.2. The Morgan fingerprint density at radius 2 is 1.93 bits per heavy atom. The van der Waals surface area contributed by atoms with Crippen LogP contribution in [0.5, 0.6) is 0 Å². The SMILES string of the molecule is CC(C1CCOCC1)C1CCCC2=Cc3c(-c4ccc(F)cc4)ncn3C[C@@]21C. The van der Waals surface area contributed by atoms with Crippen LogP contribution in [-0.2, 0) is 11.3 Å². The van der Waals surface area contributed by atoms with Crippen LogP contribution in [0.4, 0.5) is 4.39 Å². The first kappa shape index (κ1) is 19.0. The molecule has 1 aromatic carbocycles. The van der Waals surface area contributed by atoms with Gasteiger partial charge in [-0.25, -0.2) is 9.37 Å². The highest BCUT2D eigenvalue weighted by atomic mass is 19.1. The van der Waals surface area contributed by atoms with Gasteiger partial charge in [-0.05, 0) is 80.2 Å². The summed E-state index contributed by atoms with van der Waals surface area (Å²) in [6.07, 6.45) is 10.6. The lowest BCUT2D eigenvalue weighted by Gasteiger charge is -2.50. The van der Waals surface area contributed by atoms with Gasteiger partial charge in [0.05, 0.1) is 17.7 Å². The summed E-state index contributed by atoms with van der Waals surface area (Å²) in [4.78, 5) is 4.73. The third-order valence-electron chi connectivity index (χ3n) is 7.96. The van der Waals surface area contributed by atoms with Crippen LogP contribution in [0.3, 0.4) is 0 Å². The Morgan fingerprint density at radius 3 is 2.69 bits per heavy atom. The number of rotatable bonds is 3. The van der Waals surface area contributed by atoms with Crippen molar-refractivity contribution in [3.8, 4) is 11.3 Å². The number of aromatic nitrogens is 2. The lowest BCUT2D eigenvalue weighted by atomic mass is 9.57. The molecule has 1 aromatic heterocycles. The van der Waals surface area contributed by atoms with E-state index in [1.165, 1.54) is 49.9 Å². The van der Waals surface area contributed by atoms with E-state index in [4.69, 9.17) is 9.72 Å². The topological polar surface area (TPSA) is 27.1 Å². The molecule has 29 heavy (non-hydrogen) atoms. The summed E-state index contributed by atoms with van der Waals surface area (Å²) < 4.78 is 21.3. The number of halogens is 1. The van der Waals surface area contributed by atoms with Crippen LogP contribution in [0.15, 0.2) is 36.2 Å². The highest BCUT2D eigenvalue weighted by molar-refractivity contribution is 5.72. The molecule has 0 spiro atoms. The van der Waals surface area contributed by atoms with Gasteiger partial charge in [-0.3, -0.25) is 0 Å². The Morgan fingerprint density at radius 1 is 1.17 bits per heavy atom. The number of benzene rings is 1. The van der Waals surface area contributed by atoms with E-state index in [2.05, 4.69) is 24.5 Å². The van der Waals surface area contributed by atoms with Gasteiger partial charge in [0, 0.05) is 30.7 Å². The summed E-state index contributed by atoms with van der Waals surface area (Å²) in [5, 5.41) is 0. The number of nitrogens with zero attached hydrogens (tertiary/aromatic N) is 2. The van der Waals surface area contributed by atoms with Crippen molar-refractivity contribution in [3.05, 3.63) is 47.7 Å². The molecular weight excluding hydrogens is 363 g/mol. The third-order valence-corrected chi connectivity index (χ3v) is 7.96. The fourth-order valence-corrected chi connectivity index (χ4v) is 6.24. The maximum Gasteiger partial charge on any atom is 0.123 e. The van der Waals surface area contributed by atoms with E-state index in [1.54, 1.807) is 5.57 Å². The maximum absolute atomic E-state index is 13.4. The minimum Gasteiger partial charge on any atom is -0.381 e. The van der Waals surface area contributed by atoms with Gasteiger partial charge < -0.3 is 9.30 Å². The summed E-state index contributed by atoms with van der Waals surface area (Å²) in [5.41, 5.74) is 4.93. The molecule has 4 heteroatoms. The molecule has 0 radical (unpaired) electrons. The molecule has 2 unspecified atom stereocenters. The largest absolute Gasteiger partial charge is 0.381 e. The lowest BCUT2D eigenvalue weighted by molar-refractivity contribution is 0.00732. The van der Waals surface area contributed by atoms with E-state index in [-0.39, 0.29) is 11.2 Å². The van der Waals surface area contributed by atoms with Crippen molar-refractivity contribution in [2.45, 2.75) is 52.5 Å². The summed E-state index contributed by atoms with van der Waals surface area (Å²) in [6, 6.07) is 6.71. The van der Waals surface area contributed by atoms with Crippen molar-refractivity contribution >= 4 is 6.08 Å². The molecule has 1 saturated heterocycles. The summed E-state index contributed by atoms with van der Waals surface area (Å²) in [7, 11) is 0. The molecule has 1 aliphatic carbocycles. The van der Waals surface area contributed by atoms with Gasteiger partial charge >= 0.3 is 0 Å². The van der Waals surface area contributed by atoms with Crippen molar-refractivity contribution in [2.24, 2.45) is 23.2 Å². The molecule has 3 atom stereocenters. The van der Waals surface area contributed by atoms with E-state index >= 15 is 0 Å². The number of hydrogen-bond acceptors (Lipinski definition) is 2. The first-order chi connectivity index (χ1) is 14.1. The average Bonchev–Trinajstić information content (AvgIpc) is 3.14. The van der Waals surface area contributed by atoms with Gasteiger partial charge in [0.15, 0.2) is 0 Å². The minimum absolute atomic E-state index is 0.198. The van der Waals surface area contributed by atoms with Gasteiger partial charge in [0.25, 0.3) is 0 Å². The van der Waals surface area contributed by atoms with Crippen molar-refractivity contribution < 1.29 is 9.13 Å². The molecule has 5 rings (SSSR count). The average molecular weight is 395 g/mol. The highest BCUT2D eigenvalue weighted by Crippen LogP contribution is 2.54. The number of imidazole rings is 1. The Labute approximate surface area is 173 Å². The van der Waals surface area contributed by atoms with E-state index in [0.29, 0.717) is 11.8 Å². The van der Waals surface area contributed by atoms with Gasteiger partial charge in [-0.15, -0.1) is 0 Å². The molecule has 154 valence electrons. The predicted molar refractivity (Wildman–Crippen MR) is 114 cm³/mol. The molecule has 2 fully saturated rings. The zero-order valence-corrected chi connectivity index (χ0v) is 17.5. The predicted octanol–water partition coefficient (Wildman–Crippen LogP) is 5.96. The van der Waals surface area contributed by atoms with E-state index in [9.17, 15) is 4.39 Å². The Balaban J connectivity index is 1.48. The smallest absolute Gasteiger partial charge is 0.123 e. The monoisotopic (exact) mass is 394 g/mol. The van der Waals surface area contributed by atoms with Crippen molar-refractivity contribution in [1.82, 2.24) is 9.55 Å². The molecule has 2 aromatic rings. The van der Waals surface area contributed by atoms with Crippen molar-refractivity contribution in [1.29, 1.82) is 0 Å². The van der Waals surface area contributed by atoms with Crippen molar-refractivity contribution in [2.75, 3.05) is 13.2 Å². The van der Waals surface area contributed by atoms with Crippen LogP contribution in [-0.4, -0.2) is 22.8 Å². The van der Waals surface area contributed by atoms with Gasteiger partial charge in [0.2, 0.25) is 0 Å². The molecule has 0 amide bonds. The number of fused-ring (bicyclic) bond motifs is 2. The summed E-state index contributed by atoms with van der Waals surface area (Å²) >= 11 is 0. The first-order valence-corrected chi connectivity index (χ1v) is 11.2. The molecule has 1 saturated carbocycles. The molecule has 0 bridgehead atoms. The third kappa shape index (κ3) is 3.26. The molecular formula is C25H31FN2O. The van der Waals surface area contributed by atoms with Crippen LogP contribution in [0.2, 0.25) is 0 Å². The number of allylic oxidation sites excluding steroid dienone is 1. The number of hydrogen-bond donors (Lipinski definition) is 0. The van der Waals surface area contributed by atoms with E-state index in [1.807, 2.05) is 18.5 Å². The van der Waals surface area contributed by atoms with Crippen molar-refractivity contribution in [3.63, 3.8) is 0 Å². The second kappa shape index (κ2) is 7.39. The second-order valence-electron chi connectivity index (χ2n) is 9.51. The van der Waals surface area contributed by atoms with Gasteiger partial charge in [-0.1, -0.05) is 19.4 Å². The van der Waals surface area contributed by atoms with Gasteiger partial charge in [0.1, 0.15) is 5.82 Å². The van der Waals surface area contributed by atoms with E-state index in [0.717, 1.165) is 36.9 Å². The maximum atomic E-state index is 13.4. The van der Waals surface area contributed by atoms with Crippen LogP contribution >= 0.6 is 0 Å². The zero-order valence-electron chi connectivity index (χ0n) is 17.5. The van der Waals surface area contributed by atoms with Crippen LogP contribution in [0.25, 0.3) is 17.3 Å². The molecule has 3 heterocycles. The number of ether oxygens (including phenoxy) is 1. The zero-order chi connectivity index (χ0) is 20.0. The van der Waals surface area contributed by atoms with Gasteiger partial charge in [-0.2, -0.15) is 0 Å². The van der Waals surface area contributed by atoms with Crippen LogP contribution < -0.4 is 0 Å². The van der Waals surface area contributed by atoms with Crippen LogP contribution in [0.1, 0.15) is 51.6 Å². The standard InChI is InChI=1S/C25H31FN2O/c1-17(18-10-12-29-13-11-18)22-5-3-4-20-14-23-24(19-6-8-21(26)9-7-19)27-16-28(23)15-25(20,22)2/h6-9,14,16-18,22H,3-5,10-13,15H2,1-2H3/t17?,22?,25-/m0/s1. The van der Waals surface area contributed by atoms with E-state index < -0.39 is 0 Å². The summed E-state index contributed by atoms with van der Waals surface area (Å²) in [5.74, 6) is 2.00. The quantitative estimate of drug-likeness (QED) is 0.643. The minimum atomic E-state index is -0.204. The second-order valence-corrected chi connectivity index (χ2v) is 9.51. The fraction of sp³-hybridized carbons (Fsp3) is 0.560. The molecule has 2 aliphatic heterocycles. The Kier molecular flexibility index (Phi) is 4.85. The summed E-state index contributed by atoms with van der Waals surface area (Å²) in [6.45, 7) is 7.82. The Bertz CT molecular complexity index is 909. The normalized spacial score (nSPS) is 28.4. The Hall–Kier alpha value is -1.94. The van der Waals surface area contributed by atoms with Crippen LogP contribution in [0, 0.1) is 29.0 Å². The molecule has 0 N–H and O–H groups in total. The lowest BCUT2D eigenvalue weighted by Crippen LogP contribution is -2.44. The molecule has 3 aliphatic rings. The fourth-order valence-electron chi connectivity index (χ4n) is 6.24.